The Labute approximate surface area is 113 Å². The minimum Gasteiger partial charge on any atom is -0.363 e. The number of thiocarbonyl (C=S) groups is 1. The van der Waals surface area contributed by atoms with E-state index in [0.29, 0.717) is 12.0 Å². The molecule has 3 atom stereocenters. The van der Waals surface area contributed by atoms with Crippen LogP contribution in [-0.2, 0) is 0 Å². The van der Waals surface area contributed by atoms with E-state index in [9.17, 15) is 0 Å². The zero-order valence-electron chi connectivity index (χ0n) is 11.6. The molecule has 1 aliphatic carbocycles. The standard InChI is InChI=1S/C14H26BNS/c1-10(2)16-8-7-11-9-12(15)5-3-4-6-13(11)14(16)17/h10-13H,3-9,15H2,1-2H3. The van der Waals surface area contributed by atoms with Crippen molar-refractivity contribution in [1.82, 2.24) is 4.90 Å². The highest BCUT2D eigenvalue weighted by Crippen LogP contribution is 2.39. The van der Waals surface area contributed by atoms with Gasteiger partial charge in [-0.3, -0.25) is 0 Å². The number of nitrogens with zero attached hydrogens (tertiary/aromatic N) is 1. The summed E-state index contributed by atoms with van der Waals surface area (Å²) in [5, 5.41) is 0. The number of rotatable bonds is 1. The lowest BCUT2D eigenvalue weighted by Crippen LogP contribution is -2.48. The van der Waals surface area contributed by atoms with Gasteiger partial charge in [-0.05, 0) is 32.6 Å². The van der Waals surface area contributed by atoms with E-state index in [4.69, 9.17) is 12.2 Å². The predicted octanol–water partition coefficient (Wildman–Crippen LogP) is 3.05. The van der Waals surface area contributed by atoms with Gasteiger partial charge in [-0.15, -0.1) is 0 Å². The van der Waals surface area contributed by atoms with Gasteiger partial charge in [0.2, 0.25) is 0 Å². The maximum atomic E-state index is 5.77. The summed E-state index contributed by atoms with van der Waals surface area (Å²) in [6.45, 7) is 5.75. The third-order valence-electron chi connectivity index (χ3n) is 4.70. The van der Waals surface area contributed by atoms with E-state index in [1.54, 1.807) is 0 Å². The van der Waals surface area contributed by atoms with Gasteiger partial charge in [0.25, 0.3) is 0 Å². The molecule has 0 bridgehead atoms. The van der Waals surface area contributed by atoms with Crippen LogP contribution in [-0.4, -0.2) is 30.3 Å². The molecule has 2 fully saturated rings. The molecule has 3 heteroatoms. The van der Waals surface area contributed by atoms with Crippen LogP contribution in [0.5, 0.6) is 0 Å². The van der Waals surface area contributed by atoms with Gasteiger partial charge in [-0.1, -0.05) is 43.7 Å². The van der Waals surface area contributed by atoms with Crippen LogP contribution in [0.25, 0.3) is 0 Å². The third kappa shape index (κ3) is 3.04. The van der Waals surface area contributed by atoms with Crippen LogP contribution < -0.4 is 0 Å². The fourth-order valence-corrected chi connectivity index (χ4v) is 4.29. The average molecular weight is 251 g/mol. The highest BCUT2D eigenvalue weighted by Gasteiger charge is 2.35. The van der Waals surface area contributed by atoms with E-state index in [1.165, 1.54) is 50.1 Å². The summed E-state index contributed by atoms with van der Waals surface area (Å²) < 4.78 is 0. The molecule has 1 heterocycles. The summed E-state index contributed by atoms with van der Waals surface area (Å²) in [6, 6.07) is 0.589. The van der Waals surface area contributed by atoms with Gasteiger partial charge in [-0.2, -0.15) is 0 Å². The Morgan fingerprint density at radius 2 is 1.94 bits per heavy atom. The first-order valence-electron chi connectivity index (χ1n) is 7.40. The molecule has 0 aromatic heterocycles. The monoisotopic (exact) mass is 251 g/mol. The smallest absolute Gasteiger partial charge is 0.105 e. The molecular formula is C14H26BNS. The van der Waals surface area contributed by atoms with Gasteiger partial charge in [0.15, 0.2) is 0 Å². The van der Waals surface area contributed by atoms with Gasteiger partial charge in [-0.25, -0.2) is 0 Å². The quantitative estimate of drug-likeness (QED) is 0.520. The van der Waals surface area contributed by atoms with Crippen LogP contribution in [0.2, 0.25) is 5.82 Å². The molecule has 3 unspecified atom stereocenters. The Balaban J connectivity index is 2.08. The maximum Gasteiger partial charge on any atom is 0.105 e. The molecule has 1 aliphatic heterocycles. The van der Waals surface area contributed by atoms with E-state index in [2.05, 4.69) is 26.6 Å². The van der Waals surface area contributed by atoms with Crippen molar-refractivity contribution >= 4 is 25.1 Å². The zero-order valence-corrected chi connectivity index (χ0v) is 12.4. The topological polar surface area (TPSA) is 3.24 Å². The molecule has 0 spiro atoms. The molecule has 0 aromatic rings. The lowest BCUT2D eigenvalue weighted by atomic mass is 9.68. The highest BCUT2D eigenvalue weighted by molar-refractivity contribution is 7.80. The number of piperidine rings is 1. The molecule has 17 heavy (non-hydrogen) atoms. The molecule has 0 aromatic carbocycles. The maximum absolute atomic E-state index is 5.77. The van der Waals surface area contributed by atoms with E-state index in [0.717, 1.165) is 11.7 Å². The molecule has 2 aliphatic rings. The molecule has 0 radical (unpaired) electrons. The van der Waals surface area contributed by atoms with Crippen LogP contribution in [0.4, 0.5) is 0 Å². The minimum atomic E-state index is 0.589. The summed E-state index contributed by atoms with van der Waals surface area (Å²) >= 11 is 5.77. The van der Waals surface area contributed by atoms with Gasteiger partial charge in [0.05, 0.1) is 4.99 Å². The molecule has 96 valence electrons. The van der Waals surface area contributed by atoms with E-state index < -0.39 is 0 Å². The van der Waals surface area contributed by atoms with Crippen LogP contribution in [0, 0.1) is 11.8 Å². The second-order valence-electron chi connectivity index (χ2n) is 6.41. The minimum absolute atomic E-state index is 0.589. The van der Waals surface area contributed by atoms with Crippen molar-refractivity contribution in [3.63, 3.8) is 0 Å². The van der Waals surface area contributed by atoms with Crippen LogP contribution >= 0.6 is 12.2 Å². The van der Waals surface area contributed by atoms with Gasteiger partial charge in [0.1, 0.15) is 7.85 Å². The number of likely N-dealkylation sites (tertiary alicyclic amines) is 1. The SMILES string of the molecule is BC1CCCCC2C(=S)N(C(C)C)CCC2C1. The van der Waals surface area contributed by atoms with Crippen LogP contribution in [0.15, 0.2) is 0 Å². The fourth-order valence-electron chi connectivity index (χ4n) is 3.68. The molecule has 1 saturated heterocycles. The van der Waals surface area contributed by atoms with Crippen molar-refractivity contribution in [3.8, 4) is 0 Å². The van der Waals surface area contributed by atoms with Crippen molar-refractivity contribution in [2.45, 2.75) is 64.2 Å². The first-order chi connectivity index (χ1) is 8.09. The number of fused-ring (bicyclic) bond motifs is 1. The van der Waals surface area contributed by atoms with Gasteiger partial charge < -0.3 is 4.90 Å². The van der Waals surface area contributed by atoms with Crippen molar-refractivity contribution in [2.24, 2.45) is 11.8 Å². The summed E-state index contributed by atoms with van der Waals surface area (Å²) in [5.41, 5.74) is 0. The Kier molecular flexibility index (Phi) is 4.51. The Morgan fingerprint density at radius 3 is 2.65 bits per heavy atom. The van der Waals surface area contributed by atoms with Crippen molar-refractivity contribution in [1.29, 1.82) is 0 Å². The molecule has 2 rings (SSSR count). The predicted molar refractivity (Wildman–Crippen MR) is 81.4 cm³/mol. The Hall–Kier alpha value is -0.0451. The first kappa shape index (κ1) is 13.4. The van der Waals surface area contributed by atoms with Gasteiger partial charge in [0, 0.05) is 18.5 Å². The van der Waals surface area contributed by atoms with Crippen LogP contribution in [0.1, 0.15) is 52.4 Å². The normalized spacial score (nSPS) is 35.4. The second kappa shape index (κ2) is 5.73. The first-order valence-corrected chi connectivity index (χ1v) is 7.81. The summed E-state index contributed by atoms with van der Waals surface area (Å²) in [4.78, 5) is 3.76. The highest BCUT2D eigenvalue weighted by atomic mass is 32.1. The third-order valence-corrected chi connectivity index (χ3v) is 5.24. The fraction of sp³-hybridized carbons (Fsp3) is 0.929. The van der Waals surface area contributed by atoms with Gasteiger partial charge >= 0.3 is 0 Å². The molecule has 0 amide bonds. The summed E-state index contributed by atoms with van der Waals surface area (Å²) in [7, 11) is 2.43. The molecule has 0 N–H and O–H groups in total. The van der Waals surface area contributed by atoms with Crippen molar-refractivity contribution in [3.05, 3.63) is 0 Å². The van der Waals surface area contributed by atoms with E-state index in [-0.39, 0.29) is 0 Å². The Morgan fingerprint density at radius 1 is 1.24 bits per heavy atom. The lowest BCUT2D eigenvalue weighted by molar-refractivity contribution is 0.203. The lowest BCUT2D eigenvalue weighted by Gasteiger charge is -2.44. The van der Waals surface area contributed by atoms with E-state index >= 15 is 0 Å². The number of hydrogen-bond acceptors (Lipinski definition) is 1. The summed E-state index contributed by atoms with van der Waals surface area (Å²) in [5.74, 6) is 2.51. The zero-order chi connectivity index (χ0) is 12.4. The number of hydrogen-bond donors (Lipinski definition) is 0. The largest absolute Gasteiger partial charge is 0.363 e. The molecular weight excluding hydrogens is 225 g/mol. The average Bonchev–Trinajstić information content (AvgIpc) is 2.23. The van der Waals surface area contributed by atoms with Crippen molar-refractivity contribution in [2.75, 3.05) is 6.54 Å². The van der Waals surface area contributed by atoms with E-state index in [1.807, 2.05) is 0 Å². The van der Waals surface area contributed by atoms with Crippen LogP contribution in [0.3, 0.4) is 0 Å². The van der Waals surface area contributed by atoms with Crippen molar-refractivity contribution < 1.29 is 0 Å². The summed E-state index contributed by atoms with van der Waals surface area (Å²) in [6.07, 6.45) is 8.36. The molecule has 1 nitrogen and oxygen atoms in total. The second-order valence-corrected chi connectivity index (χ2v) is 6.82. The Bertz CT molecular complexity index is 279. The molecule has 1 saturated carbocycles.